The molecule has 0 atom stereocenters. The number of rotatable bonds is 7. The molecule has 0 saturated carbocycles. The predicted molar refractivity (Wildman–Crippen MR) is 112 cm³/mol. The van der Waals surface area contributed by atoms with E-state index in [9.17, 15) is 0 Å². The molecule has 138 valence electrons. The maximum atomic E-state index is 5.05. The number of aromatic nitrogens is 4. The van der Waals surface area contributed by atoms with Crippen LogP contribution < -0.4 is 5.32 Å². The third-order valence-corrected chi connectivity index (χ3v) is 6.56. The highest BCUT2D eigenvalue weighted by Crippen LogP contribution is 2.41. The molecular weight excluding hydrogens is 398 g/mol. The first-order chi connectivity index (χ1) is 13.2. The second-order valence-electron chi connectivity index (χ2n) is 5.67. The second-order valence-corrected chi connectivity index (χ2v) is 8.74. The Bertz CT molecular complexity index is 1050. The molecule has 0 fully saturated rings. The summed E-state index contributed by atoms with van der Waals surface area (Å²) >= 11 is 4.69. The molecule has 4 aromatic rings. The Morgan fingerprint density at radius 1 is 1.15 bits per heavy atom. The van der Waals surface area contributed by atoms with Gasteiger partial charge in [-0.1, -0.05) is 41.7 Å². The number of ether oxygens (including phenoxy) is 1. The Labute approximate surface area is 169 Å². The summed E-state index contributed by atoms with van der Waals surface area (Å²) in [5.41, 5.74) is 2.32. The summed E-state index contributed by atoms with van der Waals surface area (Å²) < 4.78 is 5.89. The van der Waals surface area contributed by atoms with Crippen LogP contribution in [0.15, 0.2) is 45.1 Å². The standard InChI is InChI=1S/C18H17N5OS3/c1-11-20-15-14(13(10-25-15)12-6-4-3-5-7-12)16(21-11)26-18-23-22-17(27-18)19-8-9-24-2/h3-7,10H,8-9H2,1-2H3,(H,19,22). The second kappa shape index (κ2) is 8.30. The van der Waals surface area contributed by atoms with Gasteiger partial charge in [-0.05, 0) is 24.2 Å². The number of hydrogen-bond donors (Lipinski definition) is 1. The summed E-state index contributed by atoms with van der Waals surface area (Å²) in [5, 5.41) is 16.6. The van der Waals surface area contributed by atoms with E-state index in [0.29, 0.717) is 13.2 Å². The molecule has 0 aliphatic heterocycles. The van der Waals surface area contributed by atoms with Crippen molar-refractivity contribution in [2.24, 2.45) is 0 Å². The first kappa shape index (κ1) is 18.3. The van der Waals surface area contributed by atoms with Crippen LogP contribution in [0.2, 0.25) is 0 Å². The van der Waals surface area contributed by atoms with Crippen molar-refractivity contribution in [3.63, 3.8) is 0 Å². The Hall–Kier alpha value is -2.07. The molecular formula is C18H17N5OS3. The molecule has 0 aliphatic carbocycles. The lowest BCUT2D eigenvalue weighted by atomic mass is 10.1. The lowest BCUT2D eigenvalue weighted by Gasteiger charge is -2.05. The molecule has 0 spiro atoms. The van der Waals surface area contributed by atoms with Gasteiger partial charge in [0.15, 0.2) is 4.34 Å². The number of anilines is 1. The molecule has 0 amide bonds. The highest BCUT2D eigenvalue weighted by Gasteiger charge is 2.17. The largest absolute Gasteiger partial charge is 0.383 e. The molecule has 3 aromatic heterocycles. The van der Waals surface area contributed by atoms with Crippen LogP contribution >= 0.6 is 34.4 Å². The van der Waals surface area contributed by atoms with Crippen molar-refractivity contribution in [3.05, 3.63) is 41.5 Å². The Balaban J connectivity index is 1.68. The lowest BCUT2D eigenvalue weighted by molar-refractivity contribution is 0.211. The van der Waals surface area contributed by atoms with Crippen molar-refractivity contribution in [3.8, 4) is 11.1 Å². The topological polar surface area (TPSA) is 72.8 Å². The number of nitrogens with zero attached hydrogens (tertiary/aromatic N) is 4. The SMILES string of the molecule is COCCNc1nnc(Sc2nc(C)nc3scc(-c4ccccc4)c23)s1. The van der Waals surface area contributed by atoms with Gasteiger partial charge < -0.3 is 10.1 Å². The van der Waals surface area contributed by atoms with Crippen LogP contribution in [-0.2, 0) is 4.74 Å². The summed E-state index contributed by atoms with van der Waals surface area (Å²) in [7, 11) is 1.68. The minimum atomic E-state index is 0.628. The van der Waals surface area contributed by atoms with Crippen molar-refractivity contribution < 1.29 is 4.74 Å². The number of methoxy groups -OCH3 is 1. The average molecular weight is 416 g/mol. The highest BCUT2D eigenvalue weighted by atomic mass is 32.2. The molecule has 1 aromatic carbocycles. The number of aryl methyl sites for hydroxylation is 1. The van der Waals surface area contributed by atoms with Gasteiger partial charge in [0, 0.05) is 24.6 Å². The normalized spacial score (nSPS) is 11.2. The van der Waals surface area contributed by atoms with E-state index in [0.717, 1.165) is 41.7 Å². The molecule has 4 rings (SSSR count). The fourth-order valence-electron chi connectivity index (χ4n) is 2.58. The maximum absolute atomic E-state index is 5.05. The van der Waals surface area contributed by atoms with E-state index >= 15 is 0 Å². The summed E-state index contributed by atoms with van der Waals surface area (Å²) in [6.07, 6.45) is 0. The van der Waals surface area contributed by atoms with E-state index in [1.165, 1.54) is 23.1 Å². The van der Waals surface area contributed by atoms with Crippen molar-refractivity contribution >= 4 is 49.8 Å². The Morgan fingerprint density at radius 2 is 2.00 bits per heavy atom. The van der Waals surface area contributed by atoms with Crippen LogP contribution in [0.3, 0.4) is 0 Å². The number of fused-ring (bicyclic) bond motifs is 1. The molecule has 0 radical (unpaired) electrons. The van der Waals surface area contributed by atoms with Crippen LogP contribution in [0, 0.1) is 6.92 Å². The van der Waals surface area contributed by atoms with E-state index in [2.05, 4.69) is 38.0 Å². The van der Waals surface area contributed by atoms with E-state index in [1.807, 2.05) is 25.1 Å². The van der Waals surface area contributed by atoms with Crippen LogP contribution in [0.4, 0.5) is 5.13 Å². The van der Waals surface area contributed by atoms with E-state index in [1.54, 1.807) is 18.4 Å². The van der Waals surface area contributed by atoms with Gasteiger partial charge in [0.25, 0.3) is 0 Å². The number of hydrogen-bond acceptors (Lipinski definition) is 9. The van der Waals surface area contributed by atoms with Gasteiger partial charge in [-0.15, -0.1) is 21.5 Å². The molecule has 6 nitrogen and oxygen atoms in total. The van der Waals surface area contributed by atoms with Crippen LogP contribution in [-0.4, -0.2) is 40.4 Å². The lowest BCUT2D eigenvalue weighted by Crippen LogP contribution is -2.06. The van der Waals surface area contributed by atoms with Crippen molar-refractivity contribution in [1.29, 1.82) is 0 Å². The van der Waals surface area contributed by atoms with Gasteiger partial charge in [0.05, 0.1) is 12.0 Å². The molecule has 0 unspecified atom stereocenters. The zero-order valence-electron chi connectivity index (χ0n) is 14.8. The van der Waals surface area contributed by atoms with E-state index < -0.39 is 0 Å². The van der Waals surface area contributed by atoms with Gasteiger partial charge in [-0.25, -0.2) is 9.97 Å². The highest BCUT2D eigenvalue weighted by molar-refractivity contribution is 8.01. The summed E-state index contributed by atoms with van der Waals surface area (Å²) in [6.45, 7) is 3.25. The van der Waals surface area contributed by atoms with Gasteiger partial charge >= 0.3 is 0 Å². The monoisotopic (exact) mass is 415 g/mol. The van der Waals surface area contributed by atoms with Crippen molar-refractivity contribution in [2.75, 3.05) is 25.6 Å². The fourth-order valence-corrected chi connectivity index (χ4v) is 5.51. The van der Waals surface area contributed by atoms with E-state index in [-0.39, 0.29) is 0 Å². The smallest absolute Gasteiger partial charge is 0.206 e. The van der Waals surface area contributed by atoms with Crippen LogP contribution in [0.1, 0.15) is 5.82 Å². The quantitative estimate of drug-likeness (QED) is 0.345. The number of thiophene rings is 1. The summed E-state index contributed by atoms with van der Waals surface area (Å²) in [5.74, 6) is 0.759. The van der Waals surface area contributed by atoms with Gasteiger partial charge in [0.1, 0.15) is 15.7 Å². The van der Waals surface area contributed by atoms with Crippen molar-refractivity contribution in [1.82, 2.24) is 20.2 Å². The molecule has 0 aliphatic rings. The van der Waals surface area contributed by atoms with Gasteiger partial charge in [-0.2, -0.15) is 0 Å². The molecule has 9 heteroatoms. The molecule has 27 heavy (non-hydrogen) atoms. The third kappa shape index (κ3) is 4.11. The van der Waals surface area contributed by atoms with Crippen LogP contribution in [0.25, 0.3) is 21.3 Å². The number of benzene rings is 1. The first-order valence-corrected chi connectivity index (χ1v) is 10.8. The minimum absolute atomic E-state index is 0.628. The Morgan fingerprint density at radius 3 is 2.81 bits per heavy atom. The third-order valence-electron chi connectivity index (χ3n) is 3.77. The van der Waals surface area contributed by atoms with Crippen LogP contribution in [0.5, 0.6) is 0 Å². The summed E-state index contributed by atoms with van der Waals surface area (Å²) in [4.78, 5) is 10.3. The van der Waals surface area contributed by atoms with Crippen molar-refractivity contribution in [2.45, 2.75) is 16.3 Å². The average Bonchev–Trinajstić information content (AvgIpc) is 3.29. The number of nitrogens with one attached hydrogen (secondary N) is 1. The fraction of sp³-hybridized carbons (Fsp3) is 0.222. The first-order valence-electron chi connectivity index (χ1n) is 8.30. The van der Waals surface area contributed by atoms with E-state index in [4.69, 9.17) is 9.72 Å². The van der Waals surface area contributed by atoms with Gasteiger partial charge in [0.2, 0.25) is 5.13 Å². The zero-order chi connectivity index (χ0) is 18.6. The summed E-state index contributed by atoms with van der Waals surface area (Å²) in [6, 6.07) is 10.3. The molecule has 0 saturated heterocycles. The predicted octanol–water partition coefficient (Wildman–Crippen LogP) is 4.73. The Kier molecular flexibility index (Phi) is 5.63. The zero-order valence-corrected chi connectivity index (χ0v) is 17.2. The minimum Gasteiger partial charge on any atom is -0.383 e. The van der Waals surface area contributed by atoms with Gasteiger partial charge in [-0.3, -0.25) is 0 Å². The molecule has 1 N–H and O–H groups in total. The molecule has 3 heterocycles. The molecule has 0 bridgehead atoms. The maximum Gasteiger partial charge on any atom is 0.206 e.